The van der Waals surface area contributed by atoms with Crippen molar-refractivity contribution >= 4 is 0 Å². The molecule has 0 aliphatic carbocycles. The first-order chi connectivity index (χ1) is 7.11. The predicted molar refractivity (Wildman–Crippen MR) is 62.7 cm³/mol. The van der Waals surface area contributed by atoms with Crippen molar-refractivity contribution in [2.75, 3.05) is 6.54 Å². The van der Waals surface area contributed by atoms with Gasteiger partial charge in [0, 0.05) is 34.5 Å². The highest BCUT2D eigenvalue weighted by molar-refractivity contribution is 4.97. The van der Waals surface area contributed by atoms with Crippen molar-refractivity contribution in [1.29, 1.82) is 0 Å². The van der Waals surface area contributed by atoms with Gasteiger partial charge in [0.2, 0.25) is 6.04 Å². The highest BCUT2D eigenvalue weighted by Crippen LogP contribution is 2.26. The molecule has 1 fully saturated rings. The van der Waals surface area contributed by atoms with Crippen molar-refractivity contribution in [2.45, 2.75) is 43.7 Å². The fourth-order valence-electron chi connectivity index (χ4n) is 2.31. The monoisotopic (exact) mass is 244 g/mol. The van der Waals surface area contributed by atoms with Crippen molar-refractivity contribution in [3.05, 3.63) is 30.2 Å². The normalized spacial score (nSPS) is 20.3. The molecule has 1 unspecified atom stereocenters. The Morgan fingerprint density at radius 3 is 2.31 bits per heavy atom. The average Bonchev–Trinajstić information content (AvgIpc) is 2.52. The van der Waals surface area contributed by atoms with Crippen LogP contribution in [-0.4, -0.2) is 22.9 Å². The highest BCUT2D eigenvalue weighted by atomic mass is 35.5. The van der Waals surface area contributed by atoms with E-state index in [0.717, 1.165) is 32.1 Å². The molecule has 16 heavy (non-hydrogen) atoms. The smallest absolute Gasteiger partial charge is 0.203 e. The zero-order valence-electron chi connectivity index (χ0n) is 9.70. The fourth-order valence-corrected chi connectivity index (χ4v) is 2.31. The van der Waals surface area contributed by atoms with Crippen LogP contribution in [0, 0.1) is 4.91 Å². The zero-order chi connectivity index (χ0) is 11.3. The van der Waals surface area contributed by atoms with Crippen LogP contribution < -0.4 is 18.1 Å². The standard InChI is InChI=1S/C12H21N2O.ClH/c1-3-7-12(13,8-4-2)10-11-6-5-9-14(11)15;/h3-4,11H,1-2,5-10,13H2;1H/q+1;/p-1. The molecular formula is C12H21ClN2O. The first kappa shape index (κ1) is 15.3. The maximum absolute atomic E-state index is 11.5. The Hall–Kier alpha value is -0.670. The topological polar surface area (TPSA) is 46.1 Å². The van der Waals surface area contributed by atoms with Gasteiger partial charge in [-0.05, 0) is 12.8 Å². The van der Waals surface area contributed by atoms with Gasteiger partial charge < -0.3 is 18.1 Å². The van der Waals surface area contributed by atoms with E-state index < -0.39 is 0 Å². The number of hydrogen-bond donors (Lipinski definition) is 1. The fraction of sp³-hybridized carbons (Fsp3) is 0.667. The molecule has 1 saturated heterocycles. The van der Waals surface area contributed by atoms with Crippen molar-refractivity contribution in [3.63, 3.8) is 0 Å². The number of halogens is 1. The Morgan fingerprint density at radius 2 is 1.94 bits per heavy atom. The molecule has 0 aromatic carbocycles. The van der Waals surface area contributed by atoms with Crippen molar-refractivity contribution in [2.24, 2.45) is 5.73 Å². The van der Waals surface area contributed by atoms with Gasteiger partial charge in [0.25, 0.3) is 0 Å². The summed E-state index contributed by atoms with van der Waals surface area (Å²) < 4.78 is 1.17. The average molecular weight is 245 g/mol. The molecule has 1 aliphatic heterocycles. The van der Waals surface area contributed by atoms with Gasteiger partial charge in [0.05, 0.1) is 0 Å². The van der Waals surface area contributed by atoms with Gasteiger partial charge in [-0.25, -0.2) is 0 Å². The van der Waals surface area contributed by atoms with Crippen LogP contribution in [0.4, 0.5) is 0 Å². The molecule has 3 nitrogen and oxygen atoms in total. The quantitative estimate of drug-likeness (QED) is 0.490. The van der Waals surface area contributed by atoms with Gasteiger partial charge in [-0.2, -0.15) is 0 Å². The summed E-state index contributed by atoms with van der Waals surface area (Å²) in [6, 6.07) is 0.0925. The molecule has 0 aromatic rings. The second-order valence-electron chi connectivity index (χ2n) is 4.49. The van der Waals surface area contributed by atoms with E-state index in [1.807, 2.05) is 12.2 Å². The molecule has 0 spiro atoms. The lowest BCUT2D eigenvalue weighted by Crippen LogP contribution is -3.00. The van der Waals surface area contributed by atoms with Gasteiger partial charge >= 0.3 is 0 Å². The number of hydrogen-bond acceptors (Lipinski definition) is 2. The Balaban J connectivity index is 0.00000225. The minimum atomic E-state index is -0.332. The van der Waals surface area contributed by atoms with E-state index in [9.17, 15) is 4.91 Å². The summed E-state index contributed by atoms with van der Waals surface area (Å²) in [7, 11) is 0. The molecule has 92 valence electrons. The molecule has 1 heterocycles. The van der Waals surface area contributed by atoms with E-state index in [4.69, 9.17) is 5.73 Å². The van der Waals surface area contributed by atoms with E-state index >= 15 is 0 Å². The third kappa shape index (κ3) is 4.06. The van der Waals surface area contributed by atoms with E-state index in [1.165, 1.54) is 4.76 Å². The molecule has 0 amide bonds. The van der Waals surface area contributed by atoms with Crippen LogP contribution in [-0.2, 0) is 0 Å². The van der Waals surface area contributed by atoms with Gasteiger partial charge in [-0.15, -0.1) is 13.2 Å². The maximum Gasteiger partial charge on any atom is 0.203 e. The number of nitrogens with two attached hydrogens (primary N) is 1. The lowest BCUT2D eigenvalue weighted by molar-refractivity contribution is -0.566. The third-order valence-electron chi connectivity index (χ3n) is 3.07. The van der Waals surface area contributed by atoms with Crippen molar-refractivity contribution < 1.29 is 17.2 Å². The molecule has 4 heteroatoms. The lowest BCUT2D eigenvalue weighted by atomic mass is 9.85. The summed E-state index contributed by atoms with van der Waals surface area (Å²) in [5, 5.41) is 0. The van der Waals surface area contributed by atoms with Gasteiger partial charge in [0.15, 0.2) is 6.54 Å². The Morgan fingerprint density at radius 1 is 1.38 bits per heavy atom. The number of rotatable bonds is 6. The summed E-state index contributed by atoms with van der Waals surface area (Å²) >= 11 is 0. The SMILES string of the molecule is C=CCC(N)(CC=C)CC1CCC[N+]1=O.[Cl-]. The third-order valence-corrected chi connectivity index (χ3v) is 3.07. The van der Waals surface area contributed by atoms with Crippen LogP contribution in [0.5, 0.6) is 0 Å². The lowest BCUT2D eigenvalue weighted by Gasteiger charge is -2.27. The van der Waals surface area contributed by atoms with Crippen molar-refractivity contribution in [3.8, 4) is 0 Å². The van der Waals surface area contributed by atoms with Gasteiger partial charge in [-0.3, -0.25) is 0 Å². The summed E-state index contributed by atoms with van der Waals surface area (Å²) in [5.74, 6) is 0. The Kier molecular flexibility index (Phi) is 6.53. The second kappa shape index (κ2) is 6.81. The largest absolute Gasteiger partial charge is 1.00 e. The van der Waals surface area contributed by atoms with Gasteiger partial charge in [-0.1, -0.05) is 12.2 Å². The second-order valence-corrected chi connectivity index (χ2v) is 4.49. The minimum absolute atomic E-state index is 0. The maximum atomic E-state index is 11.5. The Bertz CT molecular complexity index is 256. The summed E-state index contributed by atoms with van der Waals surface area (Å²) in [4.78, 5) is 11.5. The van der Waals surface area contributed by atoms with Crippen LogP contribution in [0.3, 0.4) is 0 Å². The van der Waals surface area contributed by atoms with Crippen molar-refractivity contribution in [1.82, 2.24) is 0 Å². The predicted octanol–water partition coefficient (Wildman–Crippen LogP) is -0.828. The number of nitroso groups, excluding NO2 is 1. The van der Waals surface area contributed by atoms with Crippen LogP contribution >= 0.6 is 0 Å². The molecule has 2 N–H and O–H groups in total. The summed E-state index contributed by atoms with van der Waals surface area (Å²) in [5.41, 5.74) is 5.92. The molecule has 1 atom stereocenters. The molecular weight excluding hydrogens is 224 g/mol. The molecule has 0 radical (unpaired) electrons. The molecule has 1 aliphatic rings. The highest BCUT2D eigenvalue weighted by Gasteiger charge is 2.38. The van der Waals surface area contributed by atoms with E-state index in [1.54, 1.807) is 0 Å². The first-order valence-electron chi connectivity index (χ1n) is 5.56. The molecule has 1 rings (SSSR count). The molecule has 0 aromatic heterocycles. The molecule has 0 saturated carbocycles. The van der Waals surface area contributed by atoms with E-state index in [0.29, 0.717) is 6.54 Å². The van der Waals surface area contributed by atoms with Crippen LogP contribution in [0.2, 0.25) is 0 Å². The zero-order valence-corrected chi connectivity index (χ0v) is 10.5. The molecule has 0 bridgehead atoms. The van der Waals surface area contributed by atoms with E-state index in [-0.39, 0.29) is 24.0 Å². The first-order valence-corrected chi connectivity index (χ1v) is 5.56. The van der Waals surface area contributed by atoms with Gasteiger partial charge in [0.1, 0.15) is 0 Å². The van der Waals surface area contributed by atoms with E-state index in [2.05, 4.69) is 13.2 Å². The summed E-state index contributed by atoms with van der Waals surface area (Å²) in [6.45, 7) is 8.09. The minimum Gasteiger partial charge on any atom is -1.00 e. The summed E-state index contributed by atoms with van der Waals surface area (Å²) in [6.07, 6.45) is 7.84. The van der Waals surface area contributed by atoms with Crippen LogP contribution in [0.25, 0.3) is 0 Å². The van der Waals surface area contributed by atoms with Crippen LogP contribution in [0.1, 0.15) is 32.1 Å². The number of nitrogens with zero attached hydrogens (tertiary/aromatic N) is 1. The van der Waals surface area contributed by atoms with Crippen LogP contribution in [0.15, 0.2) is 25.3 Å². The Labute approximate surface area is 104 Å².